The number of hydrogen-bond donors (Lipinski definition) is 1. The van der Waals surface area contributed by atoms with Gasteiger partial charge in [0.25, 0.3) is 0 Å². The Kier molecular flexibility index (Phi) is 3.49. The molecule has 17 heavy (non-hydrogen) atoms. The third-order valence-corrected chi connectivity index (χ3v) is 3.70. The summed E-state index contributed by atoms with van der Waals surface area (Å²) < 4.78 is 11.1. The molecule has 2 rings (SSSR count). The Labute approximate surface area is 100 Å². The van der Waals surface area contributed by atoms with E-state index in [9.17, 15) is 9.59 Å². The summed E-state index contributed by atoms with van der Waals surface area (Å²) >= 11 is 0. The Morgan fingerprint density at radius 2 is 2.06 bits per heavy atom. The van der Waals surface area contributed by atoms with Gasteiger partial charge in [-0.2, -0.15) is 0 Å². The van der Waals surface area contributed by atoms with Crippen LogP contribution in [0.1, 0.15) is 32.6 Å². The summed E-state index contributed by atoms with van der Waals surface area (Å²) in [6.45, 7) is 2.86. The zero-order valence-electron chi connectivity index (χ0n) is 9.98. The SMILES string of the molecule is CCC(C(=O)O)C(=O)C1CCC2(C1)OCCO2. The van der Waals surface area contributed by atoms with Crippen molar-refractivity contribution in [2.45, 2.75) is 38.4 Å². The van der Waals surface area contributed by atoms with Crippen LogP contribution in [0.15, 0.2) is 0 Å². The minimum absolute atomic E-state index is 0.170. The fourth-order valence-electron chi connectivity index (χ4n) is 2.76. The van der Waals surface area contributed by atoms with E-state index in [1.807, 2.05) is 0 Å². The van der Waals surface area contributed by atoms with Gasteiger partial charge < -0.3 is 14.6 Å². The zero-order valence-corrected chi connectivity index (χ0v) is 9.98. The lowest BCUT2D eigenvalue weighted by molar-refractivity contribution is -0.158. The Bertz CT molecular complexity index is 319. The summed E-state index contributed by atoms with van der Waals surface area (Å²) in [5.74, 6) is -2.90. The number of ketones is 1. The van der Waals surface area contributed by atoms with E-state index in [0.717, 1.165) is 0 Å². The van der Waals surface area contributed by atoms with E-state index >= 15 is 0 Å². The summed E-state index contributed by atoms with van der Waals surface area (Å²) in [6, 6.07) is 0. The van der Waals surface area contributed by atoms with Gasteiger partial charge in [-0.1, -0.05) is 6.92 Å². The van der Waals surface area contributed by atoms with Crippen LogP contribution in [0.25, 0.3) is 0 Å². The van der Waals surface area contributed by atoms with Crippen LogP contribution < -0.4 is 0 Å². The number of ether oxygens (including phenoxy) is 2. The van der Waals surface area contributed by atoms with Crippen LogP contribution >= 0.6 is 0 Å². The van der Waals surface area contributed by atoms with Crippen molar-refractivity contribution in [3.8, 4) is 0 Å². The van der Waals surface area contributed by atoms with Gasteiger partial charge in [0.15, 0.2) is 5.79 Å². The van der Waals surface area contributed by atoms with E-state index in [0.29, 0.717) is 38.9 Å². The summed E-state index contributed by atoms with van der Waals surface area (Å²) in [5, 5.41) is 8.98. The lowest BCUT2D eigenvalue weighted by Gasteiger charge is -2.21. The minimum atomic E-state index is -1.02. The Morgan fingerprint density at radius 3 is 2.59 bits per heavy atom. The number of aliphatic carboxylic acids is 1. The first-order valence-corrected chi connectivity index (χ1v) is 6.12. The average molecular weight is 242 g/mol. The fraction of sp³-hybridized carbons (Fsp3) is 0.833. The maximum atomic E-state index is 12.1. The number of carbonyl (C=O) groups is 2. The summed E-state index contributed by atoms with van der Waals surface area (Å²) in [4.78, 5) is 23.0. The van der Waals surface area contributed by atoms with Gasteiger partial charge in [0.1, 0.15) is 11.7 Å². The van der Waals surface area contributed by atoms with E-state index in [-0.39, 0.29) is 11.7 Å². The number of carboxylic acid groups (broad SMARTS) is 1. The molecule has 0 radical (unpaired) electrons. The second-order valence-electron chi connectivity index (χ2n) is 4.75. The first-order chi connectivity index (χ1) is 8.08. The third kappa shape index (κ3) is 2.35. The molecule has 1 spiro atoms. The molecule has 2 atom stereocenters. The molecule has 2 fully saturated rings. The summed E-state index contributed by atoms with van der Waals surface area (Å²) in [7, 11) is 0. The van der Waals surface area contributed by atoms with Crippen LogP contribution in [0.2, 0.25) is 0 Å². The molecule has 0 bridgehead atoms. The molecule has 96 valence electrons. The number of rotatable bonds is 4. The smallest absolute Gasteiger partial charge is 0.314 e. The standard InChI is InChI=1S/C12H18O5/c1-2-9(11(14)15)10(13)8-3-4-12(7-8)16-5-6-17-12/h8-9H,2-7H2,1H3,(H,14,15). The largest absolute Gasteiger partial charge is 0.481 e. The normalized spacial score (nSPS) is 28.4. The Balaban J connectivity index is 2.00. The molecule has 5 nitrogen and oxygen atoms in total. The van der Waals surface area contributed by atoms with E-state index in [1.54, 1.807) is 6.92 Å². The second-order valence-corrected chi connectivity index (χ2v) is 4.75. The molecular formula is C12H18O5. The van der Waals surface area contributed by atoms with Gasteiger partial charge in [0, 0.05) is 18.8 Å². The summed E-state index contributed by atoms with van der Waals surface area (Å²) in [5.41, 5.74) is 0. The monoisotopic (exact) mass is 242 g/mol. The molecule has 2 aliphatic rings. The van der Waals surface area contributed by atoms with Crippen molar-refractivity contribution in [2.75, 3.05) is 13.2 Å². The average Bonchev–Trinajstić information content (AvgIpc) is 2.90. The maximum Gasteiger partial charge on any atom is 0.314 e. The van der Waals surface area contributed by atoms with E-state index in [4.69, 9.17) is 14.6 Å². The highest BCUT2D eigenvalue weighted by atomic mass is 16.7. The molecule has 1 N–H and O–H groups in total. The number of carboxylic acids is 1. The number of carbonyl (C=O) groups excluding carboxylic acids is 1. The van der Waals surface area contributed by atoms with Crippen molar-refractivity contribution < 1.29 is 24.2 Å². The van der Waals surface area contributed by atoms with Gasteiger partial charge in [-0.15, -0.1) is 0 Å². The van der Waals surface area contributed by atoms with Crippen LogP contribution in [0.5, 0.6) is 0 Å². The second kappa shape index (κ2) is 4.74. The van der Waals surface area contributed by atoms with Crippen molar-refractivity contribution in [1.29, 1.82) is 0 Å². The van der Waals surface area contributed by atoms with E-state index in [2.05, 4.69) is 0 Å². The first-order valence-electron chi connectivity index (χ1n) is 6.12. The Morgan fingerprint density at radius 1 is 1.41 bits per heavy atom. The molecule has 1 aliphatic heterocycles. The topological polar surface area (TPSA) is 72.8 Å². The molecule has 0 amide bonds. The molecule has 0 aromatic carbocycles. The predicted molar refractivity (Wildman–Crippen MR) is 58.4 cm³/mol. The minimum Gasteiger partial charge on any atom is -0.481 e. The highest BCUT2D eigenvalue weighted by Crippen LogP contribution is 2.42. The Hall–Kier alpha value is -0.940. The molecule has 1 heterocycles. The molecule has 0 aromatic rings. The van der Waals surface area contributed by atoms with Crippen molar-refractivity contribution >= 4 is 11.8 Å². The molecule has 1 saturated carbocycles. The van der Waals surface area contributed by atoms with Gasteiger partial charge in [-0.05, 0) is 12.8 Å². The van der Waals surface area contributed by atoms with Crippen molar-refractivity contribution in [3.05, 3.63) is 0 Å². The molecule has 1 aliphatic carbocycles. The molecule has 0 aromatic heterocycles. The predicted octanol–water partition coefficient (Wildman–Crippen LogP) is 1.21. The lowest BCUT2D eigenvalue weighted by Crippen LogP contribution is -2.31. The zero-order chi connectivity index (χ0) is 12.5. The maximum absolute atomic E-state index is 12.1. The van der Waals surface area contributed by atoms with Crippen LogP contribution in [0, 0.1) is 11.8 Å². The fourth-order valence-corrected chi connectivity index (χ4v) is 2.76. The van der Waals surface area contributed by atoms with Crippen LogP contribution in [0.3, 0.4) is 0 Å². The van der Waals surface area contributed by atoms with E-state index < -0.39 is 17.7 Å². The van der Waals surface area contributed by atoms with Crippen LogP contribution in [-0.4, -0.2) is 35.9 Å². The van der Waals surface area contributed by atoms with Crippen LogP contribution in [0.4, 0.5) is 0 Å². The van der Waals surface area contributed by atoms with Gasteiger partial charge >= 0.3 is 5.97 Å². The van der Waals surface area contributed by atoms with E-state index in [1.165, 1.54) is 0 Å². The highest BCUT2D eigenvalue weighted by Gasteiger charge is 2.47. The van der Waals surface area contributed by atoms with Crippen molar-refractivity contribution in [3.63, 3.8) is 0 Å². The van der Waals surface area contributed by atoms with Crippen molar-refractivity contribution in [1.82, 2.24) is 0 Å². The lowest BCUT2D eigenvalue weighted by atomic mass is 9.89. The number of hydrogen-bond acceptors (Lipinski definition) is 4. The molecule has 2 unspecified atom stereocenters. The highest BCUT2D eigenvalue weighted by molar-refractivity contribution is 5.99. The van der Waals surface area contributed by atoms with Gasteiger partial charge in [0.05, 0.1) is 13.2 Å². The molecule has 1 saturated heterocycles. The quantitative estimate of drug-likeness (QED) is 0.750. The third-order valence-electron chi connectivity index (χ3n) is 3.70. The number of Topliss-reactive ketones (excluding diaryl/α,β-unsaturated/α-hetero) is 1. The summed E-state index contributed by atoms with van der Waals surface area (Å²) in [6.07, 6.45) is 2.22. The van der Waals surface area contributed by atoms with Gasteiger partial charge in [-0.25, -0.2) is 0 Å². The van der Waals surface area contributed by atoms with Crippen LogP contribution in [-0.2, 0) is 19.1 Å². The van der Waals surface area contributed by atoms with Gasteiger partial charge in [-0.3, -0.25) is 9.59 Å². The molecule has 5 heteroatoms. The van der Waals surface area contributed by atoms with Gasteiger partial charge in [0.2, 0.25) is 0 Å². The van der Waals surface area contributed by atoms with Crippen molar-refractivity contribution in [2.24, 2.45) is 11.8 Å². The first kappa shape index (κ1) is 12.5. The molecular weight excluding hydrogens is 224 g/mol.